The second kappa shape index (κ2) is 5.57. The molecule has 2 unspecified atom stereocenters. The van der Waals surface area contributed by atoms with E-state index in [-0.39, 0.29) is 0 Å². The van der Waals surface area contributed by atoms with E-state index in [2.05, 4.69) is 0 Å². The van der Waals surface area contributed by atoms with Gasteiger partial charge in [0.05, 0.1) is 24.8 Å². The zero-order valence-corrected chi connectivity index (χ0v) is 12.2. The Morgan fingerprint density at radius 1 is 1.32 bits per heavy atom. The van der Waals surface area contributed by atoms with Crippen LogP contribution in [0.5, 0.6) is 11.5 Å². The van der Waals surface area contributed by atoms with Crippen LogP contribution in [-0.2, 0) is 4.74 Å². The van der Waals surface area contributed by atoms with Crippen molar-refractivity contribution in [1.29, 1.82) is 0 Å². The molecule has 2 atom stereocenters. The van der Waals surface area contributed by atoms with Crippen molar-refractivity contribution in [3.8, 4) is 11.5 Å². The summed E-state index contributed by atoms with van der Waals surface area (Å²) in [7, 11) is 3.10. The van der Waals surface area contributed by atoms with E-state index in [1.807, 2.05) is 6.92 Å². The first-order valence-corrected chi connectivity index (χ1v) is 6.63. The molecule has 1 aromatic carbocycles. The molecule has 0 aromatic heterocycles. The lowest BCUT2D eigenvalue weighted by atomic mass is 9.90. The van der Waals surface area contributed by atoms with Crippen LogP contribution in [0, 0.1) is 0 Å². The Labute approximate surface area is 118 Å². The predicted molar refractivity (Wildman–Crippen MR) is 73.1 cm³/mol. The smallest absolute Gasteiger partial charge is 0.162 e. The van der Waals surface area contributed by atoms with Crippen molar-refractivity contribution < 1.29 is 19.3 Å². The van der Waals surface area contributed by atoms with Gasteiger partial charge in [-0.2, -0.15) is 0 Å². The van der Waals surface area contributed by atoms with Crippen LogP contribution < -0.4 is 9.47 Å². The van der Waals surface area contributed by atoms with Crippen LogP contribution in [0.2, 0.25) is 5.02 Å². The van der Waals surface area contributed by atoms with Gasteiger partial charge in [-0.15, -0.1) is 0 Å². The molecular weight excluding hydrogens is 268 g/mol. The third-order valence-electron chi connectivity index (χ3n) is 3.63. The third kappa shape index (κ3) is 2.66. The van der Waals surface area contributed by atoms with Gasteiger partial charge in [0.1, 0.15) is 6.10 Å². The first kappa shape index (κ1) is 14.4. The predicted octanol–water partition coefficient (Wildman–Crippen LogP) is 2.96. The van der Waals surface area contributed by atoms with Crippen LogP contribution in [0.1, 0.15) is 31.4 Å². The average Bonchev–Trinajstić information content (AvgIpc) is 2.85. The Balaban J connectivity index is 2.38. The number of hydrogen-bond acceptors (Lipinski definition) is 4. The summed E-state index contributed by atoms with van der Waals surface area (Å²) in [5.41, 5.74) is 0.00666. The summed E-state index contributed by atoms with van der Waals surface area (Å²) in [6.45, 7) is 2.57. The lowest BCUT2D eigenvalue weighted by molar-refractivity contribution is -0.0796. The molecule has 0 spiro atoms. The van der Waals surface area contributed by atoms with E-state index in [0.717, 1.165) is 12.8 Å². The fraction of sp³-hybridized carbons (Fsp3) is 0.571. The molecule has 0 radical (unpaired) electrons. The number of aliphatic hydroxyl groups excluding tert-OH is 1. The number of hydrogen-bond donors (Lipinski definition) is 1. The largest absolute Gasteiger partial charge is 0.493 e. The van der Waals surface area contributed by atoms with Crippen LogP contribution >= 0.6 is 11.6 Å². The van der Waals surface area contributed by atoms with Crippen molar-refractivity contribution in [2.45, 2.75) is 31.5 Å². The van der Waals surface area contributed by atoms with Gasteiger partial charge < -0.3 is 19.3 Å². The molecule has 1 aliphatic heterocycles. The molecule has 106 valence electrons. The lowest BCUT2D eigenvalue weighted by Crippen LogP contribution is -2.32. The van der Waals surface area contributed by atoms with E-state index in [9.17, 15) is 5.11 Å². The third-order valence-corrected chi connectivity index (χ3v) is 3.95. The molecular formula is C14H19ClO4. The summed E-state index contributed by atoms with van der Waals surface area (Å²) in [5.74, 6) is 1.09. The molecule has 1 heterocycles. The fourth-order valence-corrected chi connectivity index (χ4v) is 2.68. The summed E-state index contributed by atoms with van der Waals surface area (Å²) in [4.78, 5) is 0. The summed E-state index contributed by atoms with van der Waals surface area (Å²) >= 11 is 6.22. The van der Waals surface area contributed by atoms with Gasteiger partial charge in [0.25, 0.3) is 0 Å². The number of benzene rings is 1. The van der Waals surface area contributed by atoms with Gasteiger partial charge in [-0.1, -0.05) is 11.6 Å². The monoisotopic (exact) mass is 286 g/mol. The highest BCUT2D eigenvalue weighted by molar-refractivity contribution is 6.31. The van der Waals surface area contributed by atoms with Gasteiger partial charge in [-0.25, -0.2) is 0 Å². The summed E-state index contributed by atoms with van der Waals surface area (Å²) in [6.07, 6.45) is 0.958. The highest BCUT2D eigenvalue weighted by atomic mass is 35.5. The molecule has 0 bridgehead atoms. The maximum atomic E-state index is 10.5. The second-order valence-electron chi connectivity index (χ2n) is 4.90. The standard InChI is InChI=1S/C14H19ClO4/c1-14(5-4-6-19-14)13(16)9-7-11(17-2)12(18-3)8-10(9)15/h7-8,13,16H,4-6H2,1-3H3. The quantitative estimate of drug-likeness (QED) is 0.924. The van der Waals surface area contributed by atoms with E-state index in [1.165, 1.54) is 0 Å². The first-order valence-electron chi connectivity index (χ1n) is 6.25. The summed E-state index contributed by atoms with van der Waals surface area (Å²) in [5, 5.41) is 11.0. The minimum absolute atomic E-state index is 0.446. The van der Waals surface area contributed by atoms with Crippen molar-refractivity contribution in [2.24, 2.45) is 0 Å². The van der Waals surface area contributed by atoms with E-state index in [0.29, 0.717) is 28.7 Å². The summed E-state index contributed by atoms with van der Waals surface area (Å²) in [6, 6.07) is 3.36. The Morgan fingerprint density at radius 3 is 2.47 bits per heavy atom. The van der Waals surface area contributed by atoms with Crippen LogP contribution in [0.25, 0.3) is 0 Å². The van der Waals surface area contributed by atoms with Crippen molar-refractivity contribution in [3.63, 3.8) is 0 Å². The van der Waals surface area contributed by atoms with E-state index < -0.39 is 11.7 Å². The van der Waals surface area contributed by atoms with Crippen molar-refractivity contribution in [3.05, 3.63) is 22.7 Å². The zero-order valence-electron chi connectivity index (χ0n) is 11.4. The number of rotatable bonds is 4. The van der Waals surface area contributed by atoms with Crippen LogP contribution in [-0.4, -0.2) is 31.5 Å². The SMILES string of the molecule is COc1cc(Cl)c(C(O)C2(C)CCCO2)cc1OC. The van der Waals surface area contributed by atoms with Gasteiger partial charge in [-0.3, -0.25) is 0 Å². The van der Waals surface area contributed by atoms with Crippen LogP contribution in [0.4, 0.5) is 0 Å². The van der Waals surface area contributed by atoms with E-state index in [4.69, 9.17) is 25.8 Å². The average molecular weight is 287 g/mol. The molecule has 1 aromatic rings. The molecule has 19 heavy (non-hydrogen) atoms. The topological polar surface area (TPSA) is 47.9 Å². The van der Waals surface area contributed by atoms with Gasteiger partial charge in [0.2, 0.25) is 0 Å². The van der Waals surface area contributed by atoms with Gasteiger partial charge in [-0.05, 0) is 25.8 Å². The van der Waals surface area contributed by atoms with Crippen molar-refractivity contribution in [1.82, 2.24) is 0 Å². The Morgan fingerprint density at radius 2 is 1.95 bits per heavy atom. The maximum absolute atomic E-state index is 10.5. The highest BCUT2D eigenvalue weighted by Crippen LogP contribution is 2.43. The Hall–Kier alpha value is -0.970. The molecule has 5 heteroatoms. The first-order chi connectivity index (χ1) is 9.01. The number of halogens is 1. The Kier molecular flexibility index (Phi) is 4.23. The zero-order chi connectivity index (χ0) is 14.0. The summed E-state index contributed by atoms with van der Waals surface area (Å²) < 4.78 is 16.1. The van der Waals surface area contributed by atoms with Crippen LogP contribution in [0.15, 0.2) is 12.1 Å². The molecule has 0 aliphatic carbocycles. The Bertz CT molecular complexity index is 455. The molecule has 1 aliphatic rings. The highest BCUT2D eigenvalue weighted by Gasteiger charge is 2.39. The maximum Gasteiger partial charge on any atom is 0.162 e. The van der Waals surface area contributed by atoms with E-state index in [1.54, 1.807) is 26.4 Å². The number of ether oxygens (including phenoxy) is 3. The second-order valence-corrected chi connectivity index (χ2v) is 5.30. The normalized spacial score (nSPS) is 24.3. The molecule has 1 fully saturated rings. The van der Waals surface area contributed by atoms with Crippen molar-refractivity contribution in [2.75, 3.05) is 20.8 Å². The molecule has 0 amide bonds. The molecule has 1 N–H and O–H groups in total. The molecule has 0 saturated carbocycles. The van der Waals surface area contributed by atoms with Gasteiger partial charge >= 0.3 is 0 Å². The van der Waals surface area contributed by atoms with Gasteiger partial charge in [0.15, 0.2) is 11.5 Å². The minimum atomic E-state index is -0.790. The molecule has 4 nitrogen and oxygen atoms in total. The molecule has 2 rings (SSSR count). The molecule has 1 saturated heterocycles. The number of aliphatic hydroxyl groups is 1. The van der Waals surface area contributed by atoms with E-state index >= 15 is 0 Å². The van der Waals surface area contributed by atoms with Crippen molar-refractivity contribution >= 4 is 11.6 Å². The lowest BCUT2D eigenvalue weighted by Gasteiger charge is -2.30. The van der Waals surface area contributed by atoms with Crippen LogP contribution in [0.3, 0.4) is 0 Å². The number of methoxy groups -OCH3 is 2. The minimum Gasteiger partial charge on any atom is -0.493 e. The fourth-order valence-electron chi connectivity index (χ4n) is 2.42. The van der Waals surface area contributed by atoms with Gasteiger partial charge in [0, 0.05) is 18.2 Å².